The van der Waals surface area contributed by atoms with E-state index in [4.69, 9.17) is 5.11 Å². The van der Waals surface area contributed by atoms with E-state index in [2.05, 4.69) is 26.2 Å². The molecule has 0 bridgehead atoms. The van der Waals surface area contributed by atoms with Gasteiger partial charge in [-0.3, -0.25) is 0 Å². The van der Waals surface area contributed by atoms with Crippen LogP contribution < -0.4 is 5.32 Å². The number of pyridine rings is 1. The van der Waals surface area contributed by atoms with Gasteiger partial charge in [0.25, 0.3) is 0 Å². The van der Waals surface area contributed by atoms with Crippen LogP contribution in [0.1, 0.15) is 25.8 Å². The molecule has 1 unspecified atom stereocenters. The Labute approximate surface area is 110 Å². The van der Waals surface area contributed by atoms with Gasteiger partial charge in [-0.15, -0.1) is 0 Å². The molecule has 0 saturated heterocycles. The van der Waals surface area contributed by atoms with Crippen LogP contribution in [-0.4, -0.2) is 22.1 Å². The second-order valence-corrected chi connectivity index (χ2v) is 5.34. The van der Waals surface area contributed by atoms with Crippen LogP contribution >= 0.6 is 15.9 Å². The Kier molecular flexibility index (Phi) is 4.93. The van der Waals surface area contributed by atoms with E-state index in [-0.39, 0.29) is 0 Å². The van der Waals surface area contributed by atoms with Crippen molar-refractivity contribution in [2.75, 3.05) is 5.32 Å². The van der Waals surface area contributed by atoms with Gasteiger partial charge in [-0.1, -0.05) is 13.8 Å². The monoisotopic (exact) mass is 300 g/mol. The highest BCUT2D eigenvalue weighted by molar-refractivity contribution is 9.10. The minimum absolute atomic E-state index is 0.320. The highest BCUT2D eigenvalue weighted by atomic mass is 79.9. The molecule has 17 heavy (non-hydrogen) atoms. The number of carboxylic acids is 1. The van der Waals surface area contributed by atoms with E-state index in [1.165, 1.54) is 0 Å². The standard InChI is InChI=1S/C12H17BrN2O2/c1-7(2)4-10(12(16)17)15-11-5-8(3)9(13)6-14-11/h5-7,10H,4H2,1-3H3,(H,14,15)(H,16,17). The van der Waals surface area contributed by atoms with Crippen molar-refractivity contribution >= 4 is 27.7 Å². The third-order valence-electron chi connectivity index (χ3n) is 2.37. The average molecular weight is 301 g/mol. The van der Waals surface area contributed by atoms with E-state index in [0.29, 0.717) is 18.2 Å². The molecular weight excluding hydrogens is 284 g/mol. The molecule has 1 atom stereocenters. The van der Waals surface area contributed by atoms with Gasteiger partial charge in [0.15, 0.2) is 0 Å². The Morgan fingerprint density at radius 2 is 2.24 bits per heavy atom. The summed E-state index contributed by atoms with van der Waals surface area (Å²) in [6.45, 7) is 5.94. The molecule has 4 nitrogen and oxygen atoms in total. The van der Waals surface area contributed by atoms with Gasteiger partial charge in [0.05, 0.1) is 0 Å². The maximum absolute atomic E-state index is 11.1. The fourth-order valence-electron chi connectivity index (χ4n) is 1.49. The number of hydrogen-bond acceptors (Lipinski definition) is 3. The highest BCUT2D eigenvalue weighted by Gasteiger charge is 2.19. The molecule has 5 heteroatoms. The molecule has 0 saturated carbocycles. The summed E-state index contributed by atoms with van der Waals surface area (Å²) in [5, 5.41) is 12.1. The number of carbonyl (C=O) groups is 1. The lowest BCUT2D eigenvalue weighted by Gasteiger charge is -2.17. The number of aryl methyl sites for hydroxylation is 1. The summed E-state index contributed by atoms with van der Waals surface area (Å²) >= 11 is 3.36. The molecule has 0 radical (unpaired) electrons. The van der Waals surface area contributed by atoms with Crippen LogP contribution in [0.25, 0.3) is 0 Å². The Bertz CT molecular complexity index is 407. The fraction of sp³-hybridized carbons (Fsp3) is 0.500. The molecule has 0 amide bonds. The summed E-state index contributed by atoms with van der Waals surface area (Å²) in [6, 6.07) is 1.24. The zero-order chi connectivity index (χ0) is 13.0. The summed E-state index contributed by atoms with van der Waals surface area (Å²) in [6.07, 6.45) is 2.25. The third-order valence-corrected chi connectivity index (χ3v) is 3.20. The van der Waals surface area contributed by atoms with Crippen molar-refractivity contribution in [1.82, 2.24) is 4.98 Å². The van der Waals surface area contributed by atoms with Gasteiger partial charge in [-0.25, -0.2) is 9.78 Å². The average Bonchev–Trinajstić information content (AvgIpc) is 2.21. The first-order valence-electron chi connectivity index (χ1n) is 5.51. The topological polar surface area (TPSA) is 62.2 Å². The smallest absolute Gasteiger partial charge is 0.326 e. The van der Waals surface area contributed by atoms with Crippen molar-refractivity contribution in [2.24, 2.45) is 5.92 Å². The van der Waals surface area contributed by atoms with E-state index in [9.17, 15) is 4.79 Å². The molecule has 0 aliphatic rings. The van der Waals surface area contributed by atoms with Crippen LogP contribution in [0.15, 0.2) is 16.7 Å². The molecule has 1 aromatic heterocycles. The van der Waals surface area contributed by atoms with Crippen molar-refractivity contribution in [2.45, 2.75) is 33.2 Å². The molecule has 2 N–H and O–H groups in total. The summed E-state index contributed by atoms with van der Waals surface area (Å²) < 4.78 is 0.916. The quantitative estimate of drug-likeness (QED) is 0.877. The molecule has 1 rings (SSSR count). The normalized spacial score (nSPS) is 12.5. The van der Waals surface area contributed by atoms with Crippen LogP contribution in [0.4, 0.5) is 5.82 Å². The Balaban J connectivity index is 2.78. The Morgan fingerprint density at radius 1 is 1.59 bits per heavy atom. The number of nitrogens with one attached hydrogen (secondary N) is 1. The lowest BCUT2D eigenvalue weighted by atomic mass is 10.0. The van der Waals surface area contributed by atoms with Gasteiger partial charge in [-0.2, -0.15) is 0 Å². The maximum Gasteiger partial charge on any atom is 0.326 e. The number of aromatic nitrogens is 1. The van der Waals surface area contributed by atoms with Crippen molar-refractivity contribution in [3.63, 3.8) is 0 Å². The number of carboxylic acid groups (broad SMARTS) is 1. The van der Waals surface area contributed by atoms with Gasteiger partial charge in [0, 0.05) is 10.7 Å². The van der Waals surface area contributed by atoms with Crippen LogP contribution in [0.5, 0.6) is 0 Å². The molecule has 1 aromatic rings. The summed E-state index contributed by atoms with van der Waals surface area (Å²) in [7, 11) is 0. The molecule has 0 spiro atoms. The van der Waals surface area contributed by atoms with E-state index >= 15 is 0 Å². The van der Waals surface area contributed by atoms with Crippen molar-refractivity contribution < 1.29 is 9.90 Å². The molecule has 0 aliphatic carbocycles. The third kappa shape index (κ3) is 4.34. The zero-order valence-electron chi connectivity index (χ0n) is 10.2. The predicted molar refractivity (Wildman–Crippen MR) is 71.2 cm³/mol. The minimum Gasteiger partial charge on any atom is -0.480 e. The van der Waals surface area contributed by atoms with Crippen LogP contribution in [0.2, 0.25) is 0 Å². The van der Waals surface area contributed by atoms with Crippen molar-refractivity contribution in [3.8, 4) is 0 Å². The summed E-state index contributed by atoms with van der Waals surface area (Å²) in [5.74, 6) is 0.0694. The van der Waals surface area contributed by atoms with Gasteiger partial charge >= 0.3 is 5.97 Å². The van der Waals surface area contributed by atoms with E-state index < -0.39 is 12.0 Å². The first kappa shape index (κ1) is 14.0. The second-order valence-electron chi connectivity index (χ2n) is 4.48. The molecule has 0 fully saturated rings. The van der Waals surface area contributed by atoms with Crippen molar-refractivity contribution in [3.05, 3.63) is 22.3 Å². The van der Waals surface area contributed by atoms with Gasteiger partial charge in [0.1, 0.15) is 11.9 Å². The molecule has 0 aliphatic heterocycles. The number of anilines is 1. The molecule has 1 heterocycles. The number of hydrogen-bond donors (Lipinski definition) is 2. The summed E-state index contributed by atoms with van der Waals surface area (Å²) in [5.41, 5.74) is 1.02. The molecule has 94 valence electrons. The molecule has 0 aromatic carbocycles. The zero-order valence-corrected chi connectivity index (χ0v) is 11.8. The van der Waals surface area contributed by atoms with Crippen LogP contribution in [0, 0.1) is 12.8 Å². The SMILES string of the molecule is Cc1cc(NC(CC(C)C)C(=O)O)ncc1Br. The van der Waals surface area contributed by atoms with Crippen LogP contribution in [-0.2, 0) is 4.79 Å². The van der Waals surface area contributed by atoms with E-state index in [0.717, 1.165) is 10.0 Å². The van der Waals surface area contributed by atoms with Gasteiger partial charge < -0.3 is 10.4 Å². The summed E-state index contributed by atoms with van der Waals surface area (Å²) in [4.78, 5) is 15.2. The van der Waals surface area contributed by atoms with Crippen LogP contribution in [0.3, 0.4) is 0 Å². The number of nitrogens with zero attached hydrogens (tertiary/aromatic N) is 1. The highest BCUT2D eigenvalue weighted by Crippen LogP contribution is 2.18. The number of halogens is 1. The Hall–Kier alpha value is -1.10. The van der Waals surface area contributed by atoms with E-state index in [1.807, 2.05) is 26.8 Å². The van der Waals surface area contributed by atoms with Gasteiger partial charge in [-0.05, 0) is 46.8 Å². The lowest BCUT2D eigenvalue weighted by molar-refractivity contribution is -0.138. The fourth-order valence-corrected chi connectivity index (χ4v) is 1.71. The van der Waals surface area contributed by atoms with E-state index in [1.54, 1.807) is 6.20 Å². The largest absolute Gasteiger partial charge is 0.480 e. The first-order chi connectivity index (χ1) is 7.90. The number of rotatable bonds is 5. The lowest BCUT2D eigenvalue weighted by Crippen LogP contribution is -2.31. The minimum atomic E-state index is -0.846. The predicted octanol–water partition coefficient (Wildman–Crippen LogP) is 3.06. The Morgan fingerprint density at radius 3 is 2.71 bits per heavy atom. The van der Waals surface area contributed by atoms with Gasteiger partial charge in [0.2, 0.25) is 0 Å². The first-order valence-corrected chi connectivity index (χ1v) is 6.31. The maximum atomic E-state index is 11.1. The molecular formula is C12H17BrN2O2. The second kappa shape index (κ2) is 6.00. The van der Waals surface area contributed by atoms with Crippen molar-refractivity contribution in [1.29, 1.82) is 0 Å². The number of aliphatic carboxylic acids is 1.